The first kappa shape index (κ1) is 16.9. The number of ether oxygens (including phenoxy) is 1. The topological polar surface area (TPSA) is 59.5 Å². The summed E-state index contributed by atoms with van der Waals surface area (Å²) in [6, 6.07) is 3.84. The molecule has 1 aromatic rings. The molecule has 1 unspecified atom stereocenters. The van der Waals surface area contributed by atoms with Crippen molar-refractivity contribution in [1.82, 2.24) is 9.29 Å². The van der Waals surface area contributed by atoms with Crippen LogP contribution in [0.4, 0.5) is 0 Å². The van der Waals surface area contributed by atoms with E-state index in [4.69, 9.17) is 4.74 Å². The molecular weight excluding hydrogens is 312 g/mol. The third-order valence-corrected chi connectivity index (χ3v) is 7.10. The number of sulfonamides is 1. The maximum absolute atomic E-state index is 12.6. The van der Waals surface area contributed by atoms with Gasteiger partial charge in [0.1, 0.15) is 0 Å². The van der Waals surface area contributed by atoms with E-state index >= 15 is 0 Å². The van der Waals surface area contributed by atoms with Crippen LogP contribution in [0, 0.1) is 0 Å². The monoisotopic (exact) mass is 338 g/mol. The Balaban J connectivity index is 1.53. The second kappa shape index (κ2) is 6.87. The van der Waals surface area contributed by atoms with Crippen molar-refractivity contribution >= 4 is 10.0 Å². The van der Waals surface area contributed by atoms with Crippen LogP contribution in [0.3, 0.4) is 0 Å². The number of aromatic nitrogens is 1. The second-order valence-electron chi connectivity index (χ2n) is 6.87. The van der Waals surface area contributed by atoms with Gasteiger partial charge in [-0.05, 0) is 62.6 Å². The number of nitrogens with zero attached hydrogens (tertiary/aromatic N) is 2. The Morgan fingerprint density at radius 3 is 2.61 bits per heavy atom. The van der Waals surface area contributed by atoms with Crippen LogP contribution in [-0.2, 0) is 21.2 Å². The van der Waals surface area contributed by atoms with E-state index in [1.54, 1.807) is 19.4 Å². The molecule has 1 atom stereocenters. The maximum atomic E-state index is 12.6. The normalized spacial score (nSPS) is 23.8. The molecule has 0 amide bonds. The van der Waals surface area contributed by atoms with Gasteiger partial charge in [-0.2, -0.15) is 0 Å². The molecule has 1 aliphatic carbocycles. The van der Waals surface area contributed by atoms with Crippen LogP contribution < -0.4 is 0 Å². The predicted octanol–water partition coefficient (Wildman–Crippen LogP) is 2.38. The Labute approximate surface area is 139 Å². The Morgan fingerprint density at radius 2 is 1.96 bits per heavy atom. The summed E-state index contributed by atoms with van der Waals surface area (Å²) in [5, 5.41) is 0. The van der Waals surface area contributed by atoms with Crippen LogP contribution in [0.2, 0.25) is 0 Å². The Kier molecular flexibility index (Phi) is 5.04. The van der Waals surface area contributed by atoms with Crippen molar-refractivity contribution in [1.29, 1.82) is 0 Å². The summed E-state index contributed by atoms with van der Waals surface area (Å²) in [5.74, 6) is 0.113. The van der Waals surface area contributed by atoms with E-state index in [1.807, 2.05) is 12.1 Å². The van der Waals surface area contributed by atoms with Crippen LogP contribution in [-0.4, -0.2) is 48.8 Å². The van der Waals surface area contributed by atoms with E-state index in [1.165, 1.54) is 10.7 Å². The molecule has 2 aliphatic rings. The SMILES string of the molecule is CN(CCc1ccncc1)S(=O)(=O)CC1CCCC2(CCC2)O1. The second-order valence-corrected chi connectivity index (χ2v) is 8.99. The van der Waals surface area contributed by atoms with Crippen molar-refractivity contribution in [2.45, 2.75) is 56.7 Å². The Hall–Kier alpha value is -0.980. The highest BCUT2D eigenvalue weighted by molar-refractivity contribution is 7.89. The van der Waals surface area contributed by atoms with Gasteiger partial charge in [0.25, 0.3) is 0 Å². The molecule has 2 fully saturated rings. The number of hydrogen-bond acceptors (Lipinski definition) is 4. The van der Waals surface area contributed by atoms with Crippen LogP contribution in [0.5, 0.6) is 0 Å². The molecule has 1 aromatic heterocycles. The zero-order valence-electron chi connectivity index (χ0n) is 13.8. The van der Waals surface area contributed by atoms with Gasteiger partial charge in [0.15, 0.2) is 0 Å². The van der Waals surface area contributed by atoms with Crippen molar-refractivity contribution in [3.63, 3.8) is 0 Å². The molecule has 1 saturated heterocycles. The molecule has 5 nitrogen and oxygen atoms in total. The van der Waals surface area contributed by atoms with Gasteiger partial charge in [-0.1, -0.05) is 0 Å². The average Bonchev–Trinajstić information content (AvgIpc) is 2.52. The standard InChI is InChI=1S/C17H26N2O3S/c1-19(13-7-15-5-11-18-12-6-15)23(20,21)14-16-4-2-8-17(22-16)9-3-10-17/h5-6,11-12,16H,2-4,7-10,13-14H2,1H3. The number of pyridine rings is 1. The minimum absolute atomic E-state index is 0.00798. The lowest BCUT2D eigenvalue weighted by Crippen LogP contribution is -2.48. The lowest BCUT2D eigenvalue weighted by Gasteiger charge is -2.47. The van der Waals surface area contributed by atoms with Gasteiger partial charge in [0.2, 0.25) is 10.0 Å². The molecule has 128 valence electrons. The van der Waals surface area contributed by atoms with Gasteiger partial charge in [-0.25, -0.2) is 12.7 Å². The van der Waals surface area contributed by atoms with Crippen molar-refractivity contribution < 1.29 is 13.2 Å². The first-order chi connectivity index (χ1) is 11.0. The molecule has 6 heteroatoms. The van der Waals surface area contributed by atoms with E-state index in [9.17, 15) is 8.42 Å². The molecule has 0 radical (unpaired) electrons. The van der Waals surface area contributed by atoms with E-state index in [0.29, 0.717) is 13.0 Å². The molecule has 1 saturated carbocycles. The van der Waals surface area contributed by atoms with Gasteiger partial charge in [-0.3, -0.25) is 4.98 Å². The fourth-order valence-electron chi connectivity index (χ4n) is 3.52. The summed E-state index contributed by atoms with van der Waals surface area (Å²) in [6.07, 6.45) is 10.5. The van der Waals surface area contributed by atoms with E-state index in [-0.39, 0.29) is 17.5 Å². The van der Waals surface area contributed by atoms with Crippen LogP contribution in [0.25, 0.3) is 0 Å². The van der Waals surface area contributed by atoms with Crippen LogP contribution in [0.15, 0.2) is 24.5 Å². The molecule has 1 spiro atoms. The molecule has 0 aromatic carbocycles. The predicted molar refractivity (Wildman–Crippen MR) is 89.7 cm³/mol. The van der Waals surface area contributed by atoms with Gasteiger partial charge in [0.05, 0.1) is 17.5 Å². The number of hydrogen-bond donors (Lipinski definition) is 0. The van der Waals surface area contributed by atoms with Gasteiger partial charge in [-0.15, -0.1) is 0 Å². The summed E-state index contributed by atoms with van der Waals surface area (Å²) in [6.45, 7) is 0.490. The summed E-state index contributed by atoms with van der Waals surface area (Å²) in [4.78, 5) is 3.98. The van der Waals surface area contributed by atoms with Crippen molar-refractivity contribution in [3.8, 4) is 0 Å². The van der Waals surface area contributed by atoms with Crippen LogP contribution in [0.1, 0.15) is 44.1 Å². The molecule has 0 bridgehead atoms. The first-order valence-electron chi connectivity index (χ1n) is 8.50. The van der Waals surface area contributed by atoms with Crippen LogP contribution >= 0.6 is 0 Å². The average molecular weight is 338 g/mol. The zero-order valence-corrected chi connectivity index (χ0v) is 14.6. The molecule has 23 heavy (non-hydrogen) atoms. The largest absolute Gasteiger partial charge is 0.371 e. The lowest BCUT2D eigenvalue weighted by atomic mass is 9.74. The Morgan fingerprint density at radius 1 is 1.26 bits per heavy atom. The summed E-state index contributed by atoms with van der Waals surface area (Å²) < 4.78 is 32.8. The minimum Gasteiger partial charge on any atom is -0.371 e. The highest BCUT2D eigenvalue weighted by Crippen LogP contribution is 2.44. The Bertz CT molecular complexity index is 614. The molecule has 3 rings (SSSR count). The third kappa shape index (κ3) is 4.11. The highest BCUT2D eigenvalue weighted by atomic mass is 32.2. The first-order valence-corrected chi connectivity index (χ1v) is 10.1. The van der Waals surface area contributed by atoms with E-state index < -0.39 is 10.0 Å². The van der Waals surface area contributed by atoms with Crippen molar-refractivity contribution in [3.05, 3.63) is 30.1 Å². The zero-order chi connectivity index (χ0) is 16.3. The minimum atomic E-state index is -3.27. The number of rotatable bonds is 6. The molecule has 0 N–H and O–H groups in total. The fourth-order valence-corrected chi connectivity index (χ4v) is 4.85. The maximum Gasteiger partial charge on any atom is 0.216 e. The van der Waals surface area contributed by atoms with E-state index in [0.717, 1.165) is 37.7 Å². The van der Waals surface area contributed by atoms with Crippen molar-refractivity contribution in [2.24, 2.45) is 0 Å². The summed E-state index contributed by atoms with van der Waals surface area (Å²) in [7, 11) is -1.61. The smallest absolute Gasteiger partial charge is 0.216 e. The summed E-state index contributed by atoms with van der Waals surface area (Å²) in [5.41, 5.74) is 1.11. The highest BCUT2D eigenvalue weighted by Gasteiger charge is 2.43. The molecule has 2 heterocycles. The number of likely N-dealkylation sites (N-methyl/N-ethyl adjacent to an activating group) is 1. The van der Waals surface area contributed by atoms with E-state index in [2.05, 4.69) is 4.98 Å². The van der Waals surface area contributed by atoms with Gasteiger partial charge >= 0.3 is 0 Å². The fraction of sp³-hybridized carbons (Fsp3) is 0.706. The third-order valence-electron chi connectivity index (χ3n) is 5.18. The van der Waals surface area contributed by atoms with Crippen molar-refractivity contribution in [2.75, 3.05) is 19.3 Å². The lowest BCUT2D eigenvalue weighted by molar-refractivity contribution is -0.161. The van der Waals surface area contributed by atoms with Gasteiger partial charge in [0, 0.05) is 26.0 Å². The summed E-state index contributed by atoms with van der Waals surface area (Å²) >= 11 is 0. The quantitative estimate of drug-likeness (QED) is 0.799. The van der Waals surface area contributed by atoms with Gasteiger partial charge < -0.3 is 4.74 Å². The molecular formula is C17H26N2O3S. The molecule has 1 aliphatic heterocycles.